The first kappa shape index (κ1) is 28.1. The molecule has 0 radical (unpaired) electrons. The van der Waals surface area contributed by atoms with E-state index in [1.54, 1.807) is 0 Å². The highest BCUT2D eigenvalue weighted by molar-refractivity contribution is 14.0. The van der Waals surface area contributed by atoms with Crippen LogP contribution in [-0.2, 0) is 23.1 Å². The molecule has 2 heterocycles. The molecule has 0 spiro atoms. The number of hydrogen-bond donors (Lipinski definition) is 2. The molecule has 180 valence electrons. The van der Waals surface area contributed by atoms with Gasteiger partial charge in [-0.15, -0.1) is 34.2 Å². The van der Waals surface area contributed by atoms with Crippen LogP contribution < -0.4 is 10.6 Å². The number of halogens is 1. The minimum Gasteiger partial charge on any atom is -0.379 e. The zero-order valence-electron chi connectivity index (χ0n) is 19.9. The van der Waals surface area contributed by atoms with Crippen LogP contribution in [0.5, 0.6) is 0 Å². The molecule has 1 aromatic heterocycles. The standard InChI is InChI=1S/C21H41N7O2.HI/c1-6-30-19(17(2)3)8-10-23-21(24-16-20-26-25-18(4)27(20)5)22-9-7-11-28-12-14-29-15-13-28;/h17,19H,6-16H2,1-5H3,(H2,22,23,24);1H. The maximum absolute atomic E-state index is 5.86. The van der Waals surface area contributed by atoms with Gasteiger partial charge in [0.25, 0.3) is 0 Å². The molecule has 1 atom stereocenters. The summed E-state index contributed by atoms with van der Waals surface area (Å²) in [5.41, 5.74) is 0. The summed E-state index contributed by atoms with van der Waals surface area (Å²) in [5, 5.41) is 15.3. The number of aliphatic imine (C=N–C) groups is 1. The first-order valence-electron chi connectivity index (χ1n) is 11.3. The molecule has 1 saturated heterocycles. The number of ether oxygens (including phenoxy) is 2. The van der Waals surface area contributed by atoms with Crippen LogP contribution >= 0.6 is 24.0 Å². The molecule has 1 aliphatic rings. The Balaban J connectivity index is 0.00000480. The van der Waals surface area contributed by atoms with Gasteiger partial charge in [0, 0.05) is 39.8 Å². The Labute approximate surface area is 204 Å². The number of guanidine groups is 1. The average molecular weight is 552 g/mol. The highest BCUT2D eigenvalue weighted by atomic mass is 127. The molecule has 0 bridgehead atoms. The van der Waals surface area contributed by atoms with Gasteiger partial charge in [-0.3, -0.25) is 4.90 Å². The second kappa shape index (κ2) is 15.8. The van der Waals surface area contributed by atoms with E-state index in [0.29, 0.717) is 12.5 Å². The summed E-state index contributed by atoms with van der Waals surface area (Å²) in [6.45, 7) is 16.2. The van der Waals surface area contributed by atoms with E-state index in [2.05, 4.69) is 46.5 Å². The van der Waals surface area contributed by atoms with Crippen molar-refractivity contribution in [1.82, 2.24) is 30.3 Å². The summed E-state index contributed by atoms with van der Waals surface area (Å²) in [7, 11) is 1.97. The van der Waals surface area contributed by atoms with E-state index < -0.39 is 0 Å². The summed E-state index contributed by atoms with van der Waals surface area (Å²) in [6.07, 6.45) is 2.27. The minimum atomic E-state index is 0. The minimum absolute atomic E-state index is 0. The Morgan fingerprint density at radius 3 is 2.52 bits per heavy atom. The lowest BCUT2D eigenvalue weighted by Crippen LogP contribution is -2.41. The normalized spacial score (nSPS) is 16.3. The van der Waals surface area contributed by atoms with Crippen LogP contribution in [0.2, 0.25) is 0 Å². The number of aryl methyl sites for hydroxylation is 1. The monoisotopic (exact) mass is 551 g/mol. The van der Waals surface area contributed by atoms with E-state index in [1.165, 1.54) is 0 Å². The van der Waals surface area contributed by atoms with Crippen molar-refractivity contribution in [3.63, 3.8) is 0 Å². The number of aromatic nitrogens is 3. The van der Waals surface area contributed by atoms with Gasteiger partial charge in [0.1, 0.15) is 12.4 Å². The maximum atomic E-state index is 5.86. The van der Waals surface area contributed by atoms with E-state index in [4.69, 9.17) is 14.5 Å². The van der Waals surface area contributed by atoms with Crippen molar-refractivity contribution in [3.8, 4) is 0 Å². The second-order valence-corrected chi connectivity index (χ2v) is 8.07. The van der Waals surface area contributed by atoms with Gasteiger partial charge in [0.15, 0.2) is 11.8 Å². The molecular formula is C21H42IN7O2. The van der Waals surface area contributed by atoms with Gasteiger partial charge in [-0.1, -0.05) is 13.8 Å². The zero-order valence-corrected chi connectivity index (χ0v) is 22.2. The van der Waals surface area contributed by atoms with Crippen molar-refractivity contribution in [3.05, 3.63) is 11.6 Å². The van der Waals surface area contributed by atoms with E-state index in [1.807, 2.05) is 18.5 Å². The Bertz CT molecular complexity index is 633. The fourth-order valence-electron chi connectivity index (χ4n) is 3.40. The molecule has 2 rings (SSSR count). The van der Waals surface area contributed by atoms with E-state index in [9.17, 15) is 0 Å². The smallest absolute Gasteiger partial charge is 0.191 e. The van der Waals surface area contributed by atoms with Crippen LogP contribution in [0.3, 0.4) is 0 Å². The van der Waals surface area contributed by atoms with Crippen LogP contribution in [0.25, 0.3) is 0 Å². The van der Waals surface area contributed by atoms with Gasteiger partial charge in [-0.25, -0.2) is 4.99 Å². The lowest BCUT2D eigenvalue weighted by Gasteiger charge is -2.26. The van der Waals surface area contributed by atoms with Crippen molar-refractivity contribution < 1.29 is 9.47 Å². The van der Waals surface area contributed by atoms with E-state index in [-0.39, 0.29) is 30.1 Å². The number of rotatable bonds is 12. The Morgan fingerprint density at radius 1 is 1.19 bits per heavy atom. The lowest BCUT2D eigenvalue weighted by molar-refractivity contribution is 0.0258. The second-order valence-electron chi connectivity index (χ2n) is 8.07. The lowest BCUT2D eigenvalue weighted by atomic mass is 10.0. The fraction of sp³-hybridized carbons (Fsp3) is 0.857. The van der Waals surface area contributed by atoms with Crippen molar-refractivity contribution in [2.45, 2.75) is 53.2 Å². The van der Waals surface area contributed by atoms with Gasteiger partial charge in [-0.2, -0.15) is 0 Å². The SMILES string of the molecule is CCOC(CCNC(=NCc1nnc(C)n1C)NCCCN1CCOCC1)C(C)C.I. The van der Waals surface area contributed by atoms with Gasteiger partial charge in [0.2, 0.25) is 0 Å². The quantitative estimate of drug-likeness (QED) is 0.178. The molecule has 9 nitrogen and oxygen atoms in total. The molecule has 1 fully saturated rings. The third kappa shape index (κ3) is 10.5. The summed E-state index contributed by atoms with van der Waals surface area (Å²) >= 11 is 0. The van der Waals surface area contributed by atoms with Crippen molar-refractivity contribution in [2.24, 2.45) is 18.0 Å². The molecule has 1 aromatic rings. The first-order valence-corrected chi connectivity index (χ1v) is 11.3. The van der Waals surface area contributed by atoms with Crippen molar-refractivity contribution in [2.75, 3.05) is 52.5 Å². The predicted molar refractivity (Wildman–Crippen MR) is 135 cm³/mol. The van der Waals surface area contributed by atoms with Gasteiger partial charge in [0.05, 0.1) is 19.3 Å². The van der Waals surface area contributed by atoms with Crippen LogP contribution in [0, 0.1) is 12.8 Å². The van der Waals surface area contributed by atoms with Gasteiger partial charge >= 0.3 is 0 Å². The molecule has 0 amide bonds. The largest absolute Gasteiger partial charge is 0.379 e. The number of nitrogens with one attached hydrogen (secondary N) is 2. The van der Waals surface area contributed by atoms with Crippen molar-refractivity contribution >= 4 is 29.9 Å². The van der Waals surface area contributed by atoms with E-state index >= 15 is 0 Å². The fourth-order valence-corrected chi connectivity index (χ4v) is 3.40. The molecule has 0 saturated carbocycles. The zero-order chi connectivity index (χ0) is 21.8. The van der Waals surface area contributed by atoms with Crippen LogP contribution in [0.15, 0.2) is 4.99 Å². The highest BCUT2D eigenvalue weighted by Crippen LogP contribution is 2.10. The summed E-state index contributed by atoms with van der Waals surface area (Å²) in [5.74, 6) is 3.06. The Morgan fingerprint density at radius 2 is 1.90 bits per heavy atom. The van der Waals surface area contributed by atoms with E-state index in [0.717, 1.165) is 83.0 Å². The topological polar surface area (TPSA) is 88.8 Å². The molecule has 1 unspecified atom stereocenters. The molecule has 0 aliphatic carbocycles. The maximum Gasteiger partial charge on any atom is 0.191 e. The molecule has 10 heteroatoms. The molecule has 2 N–H and O–H groups in total. The third-order valence-corrected chi connectivity index (χ3v) is 5.45. The van der Waals surface area contributed by atoms with Crippen molar-refractivity contribution in [1.29, 1.82) is 0 Å². The molecule has 31 heavy (non-hydrogen) atoms. The summed E-state index contributed by atoms with van der Waals surface area (Å²) in [6, 6.07) is 0. The highest BCUT2D eigenvalue weighted by Gasteiger charge is 2.14. The molecular weight excluding hydrogens is 509 g/mol. The Hall–Kier alpha value is -0.980. The average Bonchev–Trinajstić information content (AvgIpc) is 3.06. The Kier molecular flexibility index (Phi) is 14.3. The number of morpholine rings is 1. The predicted octanol–water partition coefficient (Wildman–Crippen LogP) is 1.95. The third-order valence-electron chi connectivity index (χ3n) is 5.45. The van der Waals surface area contributed by atoms with Crippen LogP contribution in [0.4, 0.5) is 0 Å². The van der Waals surface area contributed by atoms with Gasteiger partial charge < -0.3 is 24.7 Å². The number of nitrogens with zero attached hydrogens (tertiary/aromatic N) is 5. The number of hydrogen-bond acceptors (Lipinski definition) is 6. The molecule has 0 aromatic carbocycles. The first-order chi connectivity index (χ1) is 14.5. The molecule has 1 aliphatic heterocycles. The summed E-state index contributed by atoms with van der Waals surface area (Å²) < 4.78 is 13.3. The summed E-state index contributed by atoms with van der Waals surface area (Å²) in [4.78, 5) is 7.19. The van der Waals surface area contributed by atoms with Crippen LogP contribution in [0.1, 0.15) is 45.3 Å². The van der Waals surface area contributed by atoms with Gasteiger partial charge in [-0.05, 0) is 39.2 Å². The van der Waals surface area contributed by atoms with Crippen LogP contribution in [-0.4, -0.2) is 84.3 Å².